The number of rotatable bonds is 6. The third kappa shape index (κ3) is 4.81. The fourth-order valence-electron chi connectivity index (χ4n) is 2.80. The Morgan fingerprint density at radius 1 is 1.17 bits per heavy atom. The number of amides is 1. The van der Waals surface area contributed by atoms with Crippen molar-refractivity contribution in [3.05, 3.63) is 82.4 Å². The van der Waals surface area contributed by atoms with Gasteiger partial charge in [-0.15, -0.1) is 0 Å². The first-order valence-electron chi connectivity index (χ1n) is 8.89. The van der Waals surface area contributed by atoms with E-state index in [2.05, 4.69) is 10.4 Å². The Morgan fingerprint density at radius 2 is 1.83 bits per heavy atom. The molecule has 0 fully saturated rings. The first kappa shape index (κ1) is 20.5. The van der Waals surface area contributed by atoms with Gasteiger partial charge in [0.2, 0.25) is 0 Å². The van der Waals surface area contributed by atoms with Crippen molar-refractivity contribution in [2.45, 2.75) is 19.9 Å². The van der Waals surface area contributed by atoms with Crippen LogP contribution in [0.4, 0.5) is 4.39 Å². The summed E-state index contributed by atoms with van der Waals surface area (Å²) < 4.78 is 19.5. The number of halogens is 2. The van der Waals surface area contributed by atoms with Gasteiger partial charge in [0.15, 0.2) is 6.61 Å². The maximum atomic E-state index is 13.1. The number of aromatic nitrogens is 2. The van der Waals surface area contributed by atoms with E-state index in [1.165, 1.54) is 28.9 Å². The Morgan fingerprint density at radius 3 is 2.48 bits per heavy atom. The summed E-state index contributed by atoms with van der Waals surface area (Å²) in [6.07, 6.45) is 0. The summed E-state index contributed by atoms with van der Waals surface area (Å²) in [5.41, 5.74) is 1.82. The monoisotopic (exact) mass is 415 g/mol. The molecule has 1 amide bonds. The highest BCUT2D eigenvalue weighted by Crippen LogP contribution is 2.24. The third-order valence-electron chi connectivity index (χ3n) is 4.29. The summed E-state index contributed by atoms with van der Waals surface area (Å²) in [6, 6.07) is 14.7. The van der Waals surface area contributed by atoms with Crippen LogP contribution in [0.1, 0.15) is 34.6 Å². The molecule has 0 aliphatic rings. The highest BCUT2D eigenvalue weighted by Gasteiger charge is 2.23. The Hall–Kier alpha value is -3.19. The normalized spacial score (nSPS) is 11.7. The minimum Gasteiger partial charge on any atom is -0.452 e. The molecular weight excluding hydrogens is 397 g/mol. The summed E-state index contributed by atoms with van der Waals surface area (Å²) in [5.74, 6) is -1.60. The maximum absolute atomic E-state index is 13.1. The molecular formula is C21H19ClFN3O3. The third-order valence-corrected chi connectivity index (χ3v) is 4.64. The summed E-state index contributed by atoms with van der Waals surface area (Å²) in [4.78, 5) is 24.6. The number of carbonyl (C=O) groups is 2. The number of carbonyl (C=O) groups excluding carboxylic acids is 2. The molecule has 0 unspecified atom stereocenters. The zero-order chi connectivity index (χ0) is 21.0. The van der Waals surface area contributed by atoms with Crippen LogP contribution in [0, 0.1) is 12.7 Å². The molecule has 0 saturated carbocycles. The minimum atomic E-state index is -0.761. The summed E-state index contributed by atoms with van der Waals surface area (Å²) in [5, 5.41) is 7.00. The lowest BCUT2D eigenvalue weighted by Gasteiger charge is -2.14. The van der Waals surface area contributed by atoms with Gasteiger partial charge in [-0.25, -0.2) is 13.9 Å². The molecule has 8 heteroatoms. The summed E-state index contributed by atoms with van der Waals surface area (Å²) in [6.45, 7) is 2.98. The Bertz CT molecular complexity index is 1020. The lowest BCUT2D eigenvalue weighted by molar-refractivity contribution is -0.124. The van der Waals surface area contributed by atoms with E-state index in [0.717, 1.165) is 5.56 Å². The van der Waals surface area contributed by atoms with Crippen LogP contribution in [0.2, 0.25) is 5.15 Å². The van der Waals surface area contributed by atoms with Gasteiger partial charge >= 0.3 is 5.97 Å². The van der Waals surface area contributed by atoms with Crippen LogP contribution in [0.25, 0.3) is 5.69 Å². The van der Waals surface area contributed by atoms with Crippen LogP contribution < -0.4 is 5.32 Å². The number of nitrogens with zero attached hydrogens (tertiary/aromatic N) is 2. The Balaban J connectivity index is 1.65. The number of nitrogens with one attached hydrogen (secondary N) is 1. The van der Waals surface area contributed by atoms with Gasteiger partial charge in [0.25, 0.3) is 5.91 Å². The first-order valence-corrected chi connectivity index (χ1v) is 9.27. The second-order valence-electron chi connectivity index (χ2n) is 6.42. The van der Waals surface area contributed by atoms with Crippen molar-refractivity contribution >= 4 is 23.5 Å². The molecule has 29 heavy (non-hydrogen) atoms. The van der Waals surface area contributed by atoms with E-state index in [1.807, 2.05) is 37.3 Å². The Labute approximate surface area is 172 Å². The molecule has 0 saturated heterocycles. The molecule has 1 aromatic heterocycles. The first-order chi connectivity index (χ1) is 13.9. The fourth-order valence-corrected chi connectivity index (χ4v) is 3.15. The van der Waals surface area contributed by atoms with Crippen molar-refractivity contribution in [3.63, 3.8) is 0 Å². The van der Waals surface area contributed by atoms with E-state index >= 15 is 0 Å². The van der Waals surface area contributed by atoms with E-state index < -0.39 is 24.3 Å². The molecule has 0 aliphatic heterocycles. The van der Waals surface area contributed by atoms with E-state index in [-0.39, 0.29) is 16.8 Å². The summed E-state index contributed by atoms with van der Waals surface area (Å²) in [7, 11) is 0. The molecule has 1 heterocycles. The molecule has 0 bridgehead atoms. The number of aryl methyl sites for hydroxylation is 1. The topological polar surface area (TPSA) is 73.2 Å². The quantitative estimate of drug-likeness (QED) is 0.617. The number of ether oxygens (including phenoxy) is 1. The van der Waals surface area contributed by atoms with Crippen LogP contribution in [-0.4, -0.2) is 28.3 Å². The zero-order valence-corrected chi connectivity index (χ0v) is 16.6. The molecule has 0 aliphatic carbocycles. The van der Waals surface area contributed by atoms with Crippen LogP contribution in [0.15, 0.2) is 54.6 Å². The van der Waals surface area contributed by atoms with Crippen LogP contribution in [0.3, 0.4) is 0 Å². The van der Waals surface area contributed by atoms with Gasteiger partial charge in [-0.2, -0.15) is 5.10 Å². The molecule has 150 valence electrons. The molecule has 1 N–H and O–H groups in total. The molecule has 0 radical (unpaired) electrons. The second kappa shape index (κ2) is 8.87. The van der Waals surface area contributed by atoms with Gasteiger partial charge in [-0.3, -0.25) is 4.79 Å². The average molecular weight is 416 g/mol. The van der Waals surface area contributed by atoms with Gasteiger partial charge in [0, 0.05) is 0 Å². The molecule has 2 aromatic carbocycles. The molecule has 3 aromatic rings. The Kier molecular flexibility index (Phi) is 6.29. The van der Waals surface area contributed by atoms with E-state index in [4.69, 9.17) is 16.3 Å². The van der Waals surface area contributed by atoms with Crippen molar-refractivity contribution < 1.29 is 18.7 Å². The van der Waals surface area contributed by atoms with Crippen molar-refractivity contribution in [1.82, 2.24) is 15.1 Å². The van der Waals surface area contributed by atoms with Crippen LogP contribution >= 0.6 is 11.6 Å². The number of benzene rings is 2. The molecule has 0 spiro atoms. The van der Waals surface area contributed by atoms with Gasteiger partial charge in [-0.05, 0) is 43.7 Å². The van der Waals surface area contributed by atoms with Crippen molar-refractivity contribution in [2.75, 3.05) is 6.61 Å². The van der Waals surface area contributed by atoms with Crippen molar-refractivity contribution in [3.8, 4) is 5.69 Å². The number of hydrogen-bond donors (Lipinski definition) is 1. The highest BCUT2D eigenvalue weighted by molar-refractivity contribution is 6.33. The molecule has 3 rings (SSSR count). The summed E-state index contributed by atoms with van der Waals surface area (Å²) >= 11 is 6.28. The average Bonchev–Trinajstić information content (AvgIpc) is 3.01. The van der Waals surface area contributed by atoms with Crippen molar-refractivity contribution in [1.29, 1.82) is 0 Å². The van der Waals surface area contributed by atoms with Crippen LogP contribution in [0.5, 0.6) is 0 Å². The predicted molar refractivity (Wildman–Crippen MR) is 107 cm³/mol. The molecule has 6 nitrogen and oxygen atoms in total. The largest absolute Gasteiger partial charge is 0.452 e. The van der Waals surface area contributed by atoms with Gasteiger partial charge < -0.3 is 10.1 Å². The highest BCUT2D eigenvalue weighted by atomic mass is 35.5. The van der Waals surface area contributed by atoms with Gasteiger partial charge in [0.1, 0.15) is 16.5 Å². The van der Waals surface area contributed by atoms with E-state index in [9.17, 15) is 14.0 Å². The SMILES string of the molecule is Cc1nn(-c2ccc(F)cc2)c(Cl)c1C(=O)OCC(=O)N[C@H](C)c1ccccc1. The number of esters is 1. The standard InChI is InChI=1S/C21H19ClFN3O3/c1-13(15-6-4-3-5-7-15)24-18(27)12-29-21(28)19-14(2)25-26(20(19)22)17-10-8-16(23)9-11-17/h3-11,13H,12H2,1-2H3,(H,24,27)/t13-/m1/s1. The van der Waals surface area contributed by atoms with E-state index in [0.29, 0.717) is 11.4 Å². The van der Waals surface area contributed by atoms with E-state index in [1.54, 1.807) is 6.92 Å². The molecule has 1 atom stereocenters. The van der Waals surface area contributed by atoms with Crippen LogP contribution in [-0.2, 0) is 9.53 Å². The minimum absolute atomic E-state index is 0.0252. The van der Waals surface area contributed by atoms with Crippen molar-refractivity contribution in [2.24, 2.45) is 0 Å². The smallest absolute Gasteiger partial charge is 0.343 e. The fraction of sp³-hybridized carbons (Fsp3) is 0.190. The van der Waals surface area contributed by atoms with Gasteiger partial charge in [0.05, 0.1) is 17.4 Å². The predicted octanol–water partition coefficient (Wildman–Crippen LogP) is 4.01. The maximum Gasteiger partial charge on any atom is 0.343 e. The second-order valence-corrected chi connectivity index (χ2v) is 6.77. The number of hydrogen-bond acceptors (Lipinski definition) is 4. The zero-order valence-electron chi connectivity index (χ0n) is 15.9. The van der Waals surface area contributed by atoms with Gasteiger partial charge in [-0.1, -0.05) is 41.9 Å². The lowest BCUT2D eigenvalue weighted by Crippen LogP contribution is -2.31. The lowest BCUT2D eigenvalue weighted by atomic mass is 10.1.